The van der Waals surface area contributed by atoms with E-state index in [-0.39, 0.29) is 22.8 Å². The topological polar surface area (TPSA) is 55.1 Å². The third kappa shape index (κ3) is 3.61. The zero-order chi connectivity index (χ0) is 19.1. The molecule has 138 valence electrons. The molecule has 0 spiro atoms. The molecule has 2 aromatic heterocycles. The van der Waals surface area contributed by atoms with Crippen molar-refractivity contribution in [2.45, 2.75) is 33.0 Å². The predicted molar refractivity (Wildman–Crippen MR) is 88.0 cm³/mol. The molecule has 0 fully saturated rings. The zero-order valence-electron chi connectivity index (χ0n) is 14.3. The molecule has 5 nitrogen and oxygen atoms in total. The molecule has 0 saturated heterocycles. The Balaban J connectivity index is 2.09. The van der Waals surface area contributed by atoms with Crippen LogP contribution in [0.4, 0.5) is 23.4 Å². The largest absolute Gasteiger partial charge is 0.433 e. The Morgan fingerprint density at radius 3 is 2.31 bits per heavy atom. The first-order chi connectivity index (χ1) is 12.1. The van der Waals surface area contributed by atoms with Crippen molar-refractivity contribution in [2.75, 3.05) is 5.32 Å². The van der Waals surface area contributed by atoms with Crippen LogP contribution in [0, 0.1) is 11.2 Å². The lowest BCUT2D eigenvalue weighted by Crippen LogP contribution is -2.27. The highest BCUT2D eigenvalue weighted by molar-refractivity contribution is 5.48. The summed E-state index contributed by atoms with van der Waals surface area (Å²) in [5.41, 5.74) is -0.711. The summed E-state index contributed by atoms with van der Waals surface area (Å²) in [6.07, 6.45) is -3.48. The molecular formula is C17H17F4N5. The van der Waals surface area contributed by atoms with Gasteiger partial charge in [0.2, 0.25) is 0 Å². The summed E-state index contributed by atoms with van der Waals surface area (Å²) in [6, 6.07) is 6.32. The first kappa shape index (κ1) is 18.1. The number of nitrogens with zero attached hydrogens (tertiary/aromatic N) is 4. The molecule has 1 unspecified atom stereocenters. The van der Waals surface area contributed by atoms with Crippen LogP contribution in [0.3, 0.4) is 0 Å². The molecule has 0 aliphatic rings. The van der Waals surface area contributed by atoms with Gasteiger partial charge in [0.1, 0.15) is 18.0 Å². The average Bonchev–Trinajstić information content (AvgIpc) is 3.00. The Labute approximate surface area is 147 Å². The summed E-state index contributed by atoms with van der Waals surface area (Å²) in [5, 5.41) is 7.03. The molecule has 0 aliphatic heterocycles. The Bertz CT molecular complexity index is 910. The third-order valence-corrected chi connectivity index (χ3v) is 3.90. The highest BCUT2D eigenvalue weighted by Gasteiger charge is 2.35. The van der Waals surface area contributed by atoms with Crippen LogP contribution in [0.15, 0.2) is 36.7 Å². The average molecular weight is 367 g/mol. The number of rotatable bonds is 3. The highest BCUT2D eigenvalue weighted by atomic mass is 19.4. The van der Waals surface area contributed by atoms with Gasteiger partial charge in [0.25, 0.3) is 5.78 Å². The minimum Gasteiger partial charge on any atom is -0.363 e. The maximum absolute atomic E-state index is 13.2. The van der Waals surface area contributed by atoms with E-state index in [1.54, 1.807) is 12.1 Å². The summed E-state index contributed by atoms with van der Waals surface area (Å²) in [5.74, 6) is -0.443. The molecule has 26 heavy (non-hydrogen) atoms. The van der Waals surface area contributed by atoms with Crippen molar-refractivity contribution >= 4 is 11.6 Å². The zero-order valence-corrected chi connectivity index (χ0v) is 14.3. The summed E-state index contributed by atoms with van der Waals surface area (Å²) >= 11 is 0. The smallest absolute Gasteiger partial charge is 0.363 e. The van der Waals surface area contributed by atoms with E-state index < -0.39 is 17.9 Å². The van der Waals surface area contributed by atoms with Crippen molar-refractivity contribution in [1.82, 2.24) is 19.6 Å². The Kier molecular flexibility index (Phi) is 4.33. The molecule has 0 radical (unpaired) electrons. The number of anilines is 1. The van der Waals surface area contributed by atoms with Crippen molar-refractivity contribution in [1.29, 1.82) is 0 Å². The van der Waals surface area contributed by atoms with E-state index in [9.17, 15) is 17.6 Å². The molecule has 0 amide bonds. The summed E-state index contributed by atoms with van der Waals surface area (Å²) in [7, 11) is 0. The second-order valence-electron chi connectivity index (χ2n) is 6.99. The number of nitrogens with one attached hydrogen (secondary N) is 1. The van der Waals surface area contributed by atoms with Gasteiger partial charge in [-0.3, -0.25) is 0 Å². The van der Waals surface area contributed by atoms with E-state index in [1.807, 2.05) is 20.8 Å². The van der Waals surface area contributed by atoms with E-state index in [2.05, 4.69) is 20.4 Å². The van der Waals surface area contributed by atoms with Crippen LogP contribution in [-0.4, -0.2) is 19.6 Å². The molecule has 1 atom stereocenters. The maximum Gasteiger partial charge on any atom is 0.433 e. The lowest BCUT2D eigenvalue weighted by molar-refractivity contribution is -0.141. The number of alkyl halides is 3. The van der Waals surface area contributed by atoms with Crippen LogP contribution in [-0.2, 0) is 6.18 Å². The van der Waals surface area contributed by atoms with E-state index in [1.165, 1.54) is 16.6 Å². The molecule has 0 aliphatic carbocycles. The fourth-order valence-electron chi connectivity index (χ4n) is 2.66. The number of benzene rings is 1. The quantitative estimate of drug-likeness (QED) is 0.694. The number of hydrogen-bond donors (Lipinski definition) is 1. The Morgan fingerprint density at radius 2 is 1.73 bits per heavy atom. The van der Waals surface area contributed by atoms with Gasteiger partial charge in [-0.1, -0.05) is 32.9 Å². The molecule has 9 heteroatoms. The van der Waals surface area contributed by atoms with Crippen LogP contribution in [0.2, 0.25) is 0 Å². The van der Waals surface area contributed by atoms with Crippen LogP contribution < -0.4 is 5.32 Å². The number of halogens is 4. The van der Waals surface area contributed by atoms with Gasteiger partial charge in [-0.25, -0.2) is 9.37 Å². The van der Waals surface area contributed by atoms with Crippen molar-refractivity contribution in [3.8, 4) is 0 Å². The van der Waals surface area contributed by atoms with Crippen molar-refractivity contribution in [2.24, 2.45) is 5.41 Å². The minimum absolute atomic E-state index is 0.101. The lowest BCUT2D eigenvalue weighted by Gasteiger charge is -2.33. The monoisotopic (exact) mass is 367 g/mol. The second-order valence-corrected chi connectivity index (χ2v) is 6.99. The molecule has 0 bridgehead atoms. The molecule has 1 aromatic carbocycles. The van der Waals surface area contributed by atoms with Gasteiger partial charge in [0, 0.05) is 6.07 Å². The van der Waals surface area contributed by atoms with Crippen molar-refractivity contribution in [3.05, 3.63) is 53.7 Å². The van der Waals surface area contributed by atoms with Gasteiger partial charge in [-0.05, 0) is 23.1 Å². The Hall–Kier alpha value is -2.71. The minimum atomic E-state index is -4.61. The Morgan fingerprint density at radius 1 is 1.08 bits per heavy atom. The summed E-state index contributed by atoms with van der Waals surface area (Å²) < 4.78 is 53.9. The van der Waals surface area contributed by atoms with E-state index in [4.69, 9.17) is 0 Å². The SMILES string of the molecule is CC(C)(C)C(Nc1cc(C(F)(F)F)nc2ncnn12)c1ccc(F)cc1. The van der Waals surface area contributed by atoms with Crippen LogP contribution in [0.1, 0.15) is 38.1 Å². The first-order valence-electron chi connectivity index (χ1n) is 7.86. The standard InChI is InChI=1S/C17H17F4N5/c1-16(2,3)14(10-4-6-11(18)7-5-10)25-13-8-12(17(19,20)21)24-15-22-9-23-26(13)15/h4-9,14,25H,1-3H3. The fourth-order valence-corrected chi connectivity index (χ4v) is 2.66. The summed E-state index contributed by atoms with van der Waals surface area (Å²) in [6.45, 7) is 5.79. The number of aromatic nitrogens is 4. The number of hydrogen-bond acceptors (Lipinski definition) is 4. The lowest BCUT2D eigenvalue weighted by atomic mass is 9.82. The maximum atomic E-state index is 13.2. The molecule has 3 aromatic rings. The van der Waals surface area contributed by atoms with Crippen molar-refractivity contribution in [3.63, 3.8) is 0 Å². The fraction of sp³-hybridized carbons (Fsp3) is 0.353. The molecule has 1 N–H and O–H groups in total. The van der Waals surface area contributed by atoms with Crippen LogP contribution in [0.5, 0.6) is 0 Å². The highest BCUT2D eigenvalue weighted by Crippen LogP contribution is 2.37. The van der Waals surface area contributed by atoms with E-state index >= 15 is 0 Å². The van der Waals surface area contributed by atoms with Gasteiger partial charge < -0.3 is 5.32 Å². The first-order valence-corrected chi connectivity index (χ1v) is 7.86. The normalized spacial score (nSPS) is 13.8. The van der Waals surface area contributed by atoms with Crippen LogP contribution >= 0.6 is 0 Å². The number of fused-ring (bicyclic) bond motifs is 1. The molecular weight excluding hydrogens is 350 g/mol. The molecule has 3 rings (SSSR count). The van der Waals surface area contributed by atoms with Crippen LogP contribution in [0.25, 0.3) is 5.78 Å². The van der Waals surface area contributed by atoms with Gasteiger partial charge in [0.05, 0.1) is 6.04 Å². The molecule has 2 heterocycles. The van der Waals surface area contributed by atoms with Gasteiger partial charge >= 0.3 is 6.18 Å². The third-order valence-electron chi connectivity index (χ3n) is 3.90. The van der Waals surface area contributed by atoms with E-state index in [0.29, 0.717) is 0 Å². The van der Waals surface area contributed by atoms with Gasteiger partial charge in [0.15, 0.2) is 5.69 Å². The second kappa shape index (κ2) is 6.22. The van der Waals surface area contributed by atoms with Gasteiger partial charge in [-0.2, -0.15) is 27.8 Å². The van der Waals surface area contributed by atoms with Gasteiger partial charge in [-0.15, -0.1) is 0 Å². The predicted octanol–water partition coefficient (Wildman–Crippen LogP) is 4.48. The summed E-state index contributed by atoms with van der Waals surface area (Å²) in [4.78, 5) is 7.25. The van der Waals surface area contributed by atoms with Crippen molar-refractivity contribution < 1.29 is 17.6 Å². The molecule has 0 saturated carbocycles. The van der Waals surface area contributed by atoms with E-state index in [0.717, 1.165) is 18.0 Å².